The zero-order chi connectivity index (χ0) is 12.7. The van der Waals surface area contributed by atoms with Gasteiger partial charge in [0.2, 0.25) is 5.91 Å². The van der Waals surface area contributed by atoms with E-state index in [1.165, 1.54) is 5.56 Å². The quantitative estimate of drug-likeness (QED) is 0.797. The molecule has 1 aliphatic rings. The number of amides is 1. The topological polar surface area (TPSA) is 75.0 Å². The van der Waals surface area contributed by atoms with Crippen LogP contribution in [-0.2, 0) is 11.2 Å². The number of carbonyl (C=O) groups excluding carboxylic acids is 1. The molecular formula is C13H14N4O. The molecule has 0 radical (unpaired) electrons. The number of nitrogens with zero attached hydrogens (tertiary/aromatic N) is 2. The fourth-order valence-electron chi connectivity index (χ4n) is 2.41. The zero-order valence-electron chi connectivity index (χ0n) is 10.1. The molecule has 3 N–H and O–H groups in total. The van der Waals surface area contributed by atoms with Crippen LogP contribution < -0.4 is 10.6 Å². The molecule has 0 atom stereocenters. The summed E-state index contributed by atoms with van der Waals surface area (Å²) in [6.07, 6.45) is 1.30. The van der Waals surface area contributed by atoms with Gasteiger partial charge in [0.15, 0.2) is 0 Å². The largest absolute Gasteiger partial charge is 0.382 e. The van der Waals surface area contributed by atoms with E-state index in [1.54, 1.807) is 4.90 Å². The number of anilines is 2. The maximum Gasteiger partial charge on any atom is 0.227 e. The standard InChI is InChI=1S/C13H14N4O/c1-17-11-4-2-3-8(9(11)5-6-13(17)18)10-7-12(14)16-15-10/h2-4,7H,5-6H2,1H3,(H3,14,15,16). The van der Waals surface area contributed by atoms with Gasteiger partial charge in [-0.1, -0.05) is 12.1 Å². The number of aromatic nitrogens is 2. The summed E-state index contributed by atoms with van der Waals surface area (Å²) in [6, 6.07) is 7.75. The van der Waals surface area contributed by atoms with E-state index >= 15 is 0 Å². The summed E-state index contributed by atoms with van der Waals surface area (Å²) >= 11 is 0. The molecule has 1 aromatic carbocycles. The molecule has 5 heteroatoms. The van der Waals surface area contributed by atoms with Gasteiger partial charge in [-0.05, 0) is 18.1 Å². The van der Waals surface area contributed by atoms with Gasteiger partial charge in [-0.2, -0.15) is 5.10 Å². The predicted octanol–water partition coefficient (Wildman–Crippen LogP) is 1.57. The first-order chi connectivity index (χ1) is 8.66. The summed E-state index contributed by atoms with van der Waals surface area (Å²) in [5.74, 6) is 0.631. The van der Waals surface area contributed by atoms with E-state index in [1.807, 2.05) is 31.3 Å². The molecule has 1 amide bonds. The van der Waals surface area contributed by atoms with E-state index in [2.05, 4.69) is 10.2 Å². The average Bonchev–Trinajstić information content (AvgIpc) is 2.80. The van der Waals surface area contributed by atoms with Crippen LogP contribution in [0.2, 0.25) is 0 Å². The lowest BCUT2D eigenvalue weighted by Crippen LogP contribution is -2.31. The number of H-pyrrole nitrogens is 1. The highest BCUT2D eigenvalue weighted by Gasteiger charge is 2.23. The first-order valence-electron chi connectivity index (χ1n) is 5.86. The summed E-state index contributed by atoms with van der Waals surface area (Å²) in [7, 11) is 1.81. The predicted molar refractivity (Wildman–Crippen MR) is 70.2 cm³/mol. The number of fused-ring (bicyclic) bond motifs is 1. The van der Waals surface area contributed by atoms with Crippen LogP contribution in [0.3, 0.4) is 0 Å². The van der Waals surface area contributed by atoms with E-state index in [-0.39, 0.29) is 5.91 Å². The van der Waals surface area contributed by atoms with E-state index in [9.17, 15) is 4.79 Å². The molecule has 18 heavy (non-hydrogen) atoms. The lowest BCUT2D eigenvalue weighted by atomic mass is 9.94. The Labute approximate surface area is 105 Å². The number of benzene rings is 1. The summed E-state index contributed by atoms with van der Waals surface area (Å²) < 4.78 is 0. The first-order valence-corrected chi connectivity index (χ1v) is 5.86. The van der Waals surface area contributed by atoms with Crippen molar-refractivity contribution in [3.63, 3.8) is 0 Å². The number of nitrogen functional groups attached to an aromatic ring is 1. The average molecular weight is 242 g/mol. The van der Waals surface area contributed by atoms with Crippen molar-refractivity contribution >= 4 is 17.4 Å². The molecule has 0 bridgehead atoms. The lowest BCUT2D eigenvalue weighted by Gasteiger charge is -2.27. The Bertz CT molecular complexity index is 617. The molecule has 2 aromatic rings. The van der Waals surface area contributed by atoms with Crippen LogP contribution in [0.25, 0.3) is 11.3 Å². The molecule has 92 valence electrons. The second-order valence-electron chi connectivity index (χ2n) is 4.46. The summed E-state index contributed by atoms with van der Waals surface area (Å²) in [5.41, 5.74) is 9.73. The van der Waals surface area contributed by atoms with E-state index in [4.69, 9.17) is 5.73 Å². The number of rotatable bonds is 1. The van der Waals surface area contributed by atoms with Gasteiger partial charge in [0.05, 0.1) is 5.69 Å². The monoisotopic (exact) mass is 242 g/mol. The fraction of sp³-hybridized carbons (Fsp3) is 0.231. The van der Waals surface area contributed by atoms with Crippen LogP contribution in [-0.4, -0.2) is 23.2 Å². The highest BCUT2D eigenvalue weighted by atomic mass is 16.2. The van der Waals surface area contributed by atoms with Gasteiger partial charge in [-0.25, -0.2) is 0 Å². The van der Waals surface area contributed by atoms with E-state index in [0.717, 1.165) is 23.4 Å². The Balaban J connectivity index is 2.15. The maximum absolute atomic E-state index is 11.7. The molecule has 0 saturated heterocycles. The van der Waals surface area contributed by atoms with Crippen molar-refractivity contribution < 1.29 is 4.79 Å². The second-order valence-corrected chi connectivity index (χ2v) is 4.46. The molecule has 0 saturated carbocycles. The summed E-state index contributed by atoms with van der Waals surface area (Å²) in [5, 5.41) is 6.87. The first kappa shape index (κ1) is 10.8. The Morgan fingerprint density at radius 3 is 2.94 bits per heavy atom. The number of aromatic amines is 1. The summed E-state index contributed by atoms with van der Waals surface area (Å²) in [4.78, 5) is 13.4. The van der Waals surface area contributed by atoms with Gasteiger partial charge in [0.25, 0.3) is 0 Å². The van der Waals surface area contributed by atoms with Crippen molar-refractivity contribution in [2.75, 3.05) is 17.7 Å². The number of hydrogen-bond acceptors (Lipinski definition) is 3. The van der Waals surface area contributed by atoms with Gasteiger partial charge >= 0.3 is 0 Å². The van der Waals surface area contributed by atoms with Crippen molar-refractivity contribution in [1.82, 2.24) is 10.2 Å². The van der Waals surface area contributed by atoms with Crippen molar-refractivity contribution in [1.29, 1.82) is 0 Å². The van der Waals surface area contributed by atoms with Crippen LogP contribution in [0.15, 0.2) is 24.3 Å². The SMILES string of the molecule is CN1C(=O)CCc2c(-c3cc(N)n[nH]3)cccc21. The second kappa shape index (κ2) is 3.87. The van der Waals surface area contributed by atoms with Gasteiger partial charge in [-0.3, -0.25) is 9.89 Å². The number of nitrogens with one attached hydrogen (secondary N) is 1. The molecule has 5 nitrogen and oxygen atoms in total. The van der Waals surface area contributed by atoms with Crippen molar-refractivity contribution in [2.45, 2.75) is 12.8 Å². The van der Waals surface area contributed by atoms with Crippen molar-refractivity contribution in [3.8, 4) is 11.3 Å². The van der Waals surface area contributed by atoms with Crippen LogP contribution in [0.1, 0.15) is 12.0 Å². The molecule has 1 aromatic heterocycles. The number of hydrogen-bond donors (Lipinski definition) is 2. The normalized spacial score (nSPS) is 14.7. The van der Waals surface area contributed by atoms with Gasteiger partial charge in [0.1, 0.15) is 5.82 Å². The number of nitrogens with two attached hydrogens (primary N) is 1. The zero-order valence-corrected chi connectivity index (χ0v) is 10.1. The maximum atomic E-state index is 11.7. The minimum absolute atomic E-state index is 0.156. The van der Waals surface area contributed by atoms with Crippen molar-refractivity contribution in [2.24, 2.45) is 0 Å². The Hall–Kier alpha value is -2.30. The Kier molecular flexibility index (Phi) is 2.33. The van der Waals surface area contributed by atoms with Gasteiger partial charge in [-0.15, -0.1) is 0 Å². The molecular weight excluding hydrogens is 228 g/mol. The molecule has 0 unspecified atom stereocenters. The van der Waals surface area contributed by atoms with E-state index in [0.29, 0.717) is 12.2 Å². The van der Waals surface area contributed by atoms with Crippen LogP contribution in [0.4, 0.5) is 11.5 Å². The third-order valence-electron chi connectivity index (χ3n) is 3.36. The smallest absolute Gasteiger partial charge is 0.227 e. The highest BCUT2D eigenvalue weighted by Crippen LogP contribution is 2.34. The van der Waals surface area contributed by atoms with Crippen LogP contribution in [0, 0.1) is 0 Å². The minimum Gasteiger partial charge on any atom is -0.382 e. The number of carbonyl (C=O) groups is 1. The minimum atomic E-state index is 0.156. The third kappa shape index (κ3) is 1.55. The molecule has 3 rings (SSSR count). The third-order valence-corrected chi connectivity index (χ3v) is 3.36. The molecule has 0 fully saturated rings. The van der Waals surface area contributed by atoms with Gasteiger partial charge in [0, 0.05) is 30.8 Å². The van der Waals surface area contributed by atoms with Gasteiger partial charge < -0.3 is 10.6 Å². The van der Waals surface area contributed by atoms with Crippen LogP contribution >= 0.6 is 0 Å². The van der Waals surface area contributed by atoms with Crippen LogP contribution in [0.5, 0.6) is 0 Å². The molecule has 1 aliphatic heterocycles. The highest BCUT2D eigenvalue weighted by molar-refractivity contribution is 5.97. The summed E-state index contributed by atoms with van der Waals surface area (Å²) in [6.45, 7) is 0. The molecule has 0 spiro atoms. The Morgan fingerprint density at radius 1 is 1.39 bits per heavy atom. The molecule has 0 aliphatic carbocycles. The lowest BCUT2D eigenvalue weighted by molar-refractivity contribution is -0.118. The van der Waals surface area contributed by atoms with E-state index < -0.39 is 0 Å². The Morgan fingerprint density at radius 2 is 2.22 bits per heavy atom. The van der Waals surface area contributed by atoms with Crippen molar-refractivity contribution in [3.05, 3.63) is 29.8 Å². The molecule has 2 heterocycles. The fourth-order valence-corrected chi connectivity index (χ4v) is 2.41.